The summed E-state index contributed by atoms with van der Waals surface area (Å²) in [6.45, 7) is 3.21. The molecule has 1 unspecified atom stereocenters. The highest BCUT2D eigenvalue weighted by molar-refractivity contribution is 7.91. The molecule has 0 fully saturated rings. The quantitative estimate of drug-likeness (QED) is 0.502. The summed E-state index contributed by atoms with van der Waals surface area (Å²) in [5.74, 6) is -0.113. The van der Waals surface area contributed by atoms with E-state index in [9.17, 15) is 18.8 Å². The van der Waals surface area contributed by atoms with Crippen LogP contribution in [0.15, 0.2) is 27.5 Å². The summed E-state index contributed by atoms with van der Waals surface area (Å²) in [7, 11) is -3.53. The smallest absolute Gasteiger partial charge is 0.233 e. The number of fused-ring (bicyclic) bond motifs is 2. The SMILES string of the molecule is CC(C)(O)c1ccc([S@@](N)(=O)=NC(O)Nc2c3c(c(F)c4c2CCC4)CCC3)c(Cl)c1. The van der Waals surface area contributed by atoms with E-state index in [-0.39, 0.29) is 15.7 Å². The van der Waals surface area contributed by atoms with Crippen LogP contribution in [0, 0.1) is 5.82 Å². The standard InChI is InChI=1S/C22H27ClFN3O3S/c1-22(2,29)12-9-10-18(17(23)11-12)31(25,30)27-21(28)26-20-15-7-3-5-13(15)19(24)14-6-4-8-16(14)20/h9-11,21,26,28-29H,3-8H2,1-2H3,(H2,25,27,30)/t21?,31-/m0/s1. The summed E-state index contributed by atoms with van der Waals surface area (Å²) in [4.78, 5) is 0.0672. The lowest BCUT2D eigenvalue weighted by molar-refractivity contribution is 0.0785. The fourth-order valence-electron chi connectivity index (χ4n) is 4.54. The molecule has 2 aromatic carbocycles. The molecule has 0 bridgehead atoms. The molecule has 5 N–H and O–H groups in total. The minimum absolute atomic E-state index is 0.0672. The van der Waals surface area contributed by atoms with Gasteiger partial charge in [-0.25, -0.2) is 13.7 Å². The van der Waals surface area contributed by atoms with Crippen LogP contribution in [0.5, 0.6) is 0 Å². The van der Waals surface area contributed by atoms with E-state index in [4.69, 9.17) is 16.7 Å². The Morgan fingerprint density at radius 2 is 1.71 bits per heavy atom. The second kappa shape index (κ2) is 8.01. The molecule has 0 aliphatic heterocycles. The van der Waals surface area contributed by atoms with Crippen LogP contribution < -0.4 is 10.5 Å². The van der Waals surface area contributed by atoms with Crippen LogP contribution in [0.4, 0.5) is 10.1 Å². The monoisotopic (exact) mass is 467 g/mol. The molecule has 2 aromatic rings. The largest absolute Gasteiger partial charge is 0.386 e. The molecule has 0 radical (unpaired) electrons. The summed E-state index contributed by atoms with van der Waals surface area (Å²) >= 11 is 6.26. The van der Waals surface area contributed by atoms with Crippen LogP contribution in [0.1, 0.15) is 54.5 Å². The van der Waals surface area contributed by atoms with Crippen molar-refractivity contribution in [2.75, 3.05) is 5.32 Å². The molecule has 0 saturated heterocycles. The fourth-order valence-corrected chi connectivity index (χ4v) is 6.12. The average molecular weight is 468 g/mol. The molecule has 168 valence electrons. The normalized spacial score (nSPS) is 18.3. The molecule has 2 aliphatic carbocycles. The van der Waals surface area contributed by atoms with Crippen molar-refractivity contribution < 1.29 is 18.8 Å². The van der Waals surface area contributed by atoms with Gasteiger partial charge in [-0.05, 0) is 92.3 Å². The molecule has 2 aliphatic rings. The number of anilines is 1. The molecule has 4 rings (SSSR count). The lowest BCUT2D eigenvalue weighted by Gasteiger charge is -2.21. The molecule has 0 amide bonds. The predicted molar refractivity (Wildman–Crippen MR) is 120 cm³/mol. The average Bonchev–Trinajstić information content (AvgIpc) is 3.33. The molecule has 2 atom stereocenters. The van der Waals surface area contributed by atoms with E-state index in [0.717, 1.165) is 36.8 Å². The molecule has 31 heavy (non-hydrogen) atoms. The third-order valence-electron chi connectivity index (χ3n) is 6.05. The zero-order chi connectivity index (χ0) is 22.6. The highest BCUT2D eigenvalue weighted by Crippen LogP contribution is 2.41. The minimum atomic E-state index is -3.53. The number of nitrogens with two attached hydrogens (primary N) is 1. The maximum absolute atomic E-state index is 14.8. The molecular weight excluding hydrogens is 441 g/mol. The van der Waals surface area contributed by atoms with Crippen LogP contribution in [0.25, 0.3) is 0 Å². The van der Waals surface area contributed by atoms with Gasteiger partial charge in [0, 0.05) is 5.69 Å². The van der Waals surface area contributed by atoms with Crippen molar-refractivity contribution in [3.63, 3.8) is 0 Å². The van der Waals surface area contributed by atoms with E-state index < -0.39 is 21.9 Å². The third kappa shape index (κ3) is 4.19. The molecular formula is C22H27ClFN3O3S. The van der Waals surface area contributed by atoms with Crippen molar-refractivity contribution in [2.45, 2.75) is 69.2 Å². The van der Waals surface area contributed by atoms with E-state index in [1.165, 1.54) is 12.1 Å². The minimum Gasteiger partial charge on any atom is -0.386 e. The van der Waals surface area contributed by atoms with Crippen molar-refractivity contribution >= 4 is 27.2 Å². The van der Waals surface area contributed by atoms with Crippen molar-refractivity contribution in [1.82, 2.24) is 0 Å². The summed E-state index contributed by atoms with van der Waals surface area (Å²) < 4.78 is 31.8. The van der Waals surface area contributed by atoms with Crippen LogP contribution in [-0.2, 0) is 41.2 Å². The Morgan fingerprint density at radius 1 is 1.16 bits per heavy atom. The van der Waals surface area contributed by atoms with Crippen LogP contribution >= 0.6 is 11.6 Å². The fraction of sp³-hybridized carbons (Fsp3) is 0.455. The Morgan fingerprint density at radius 3 is 2.23 bits per heavy atom. The number of nitrogens with one attached hydrogen (secondary N) is 1. The molecule has 0 aromatic heterocycles. The van der Waals surface area contributed by atoms with E-state index >= 15 is 0 Å². The predicted octanol–water partition coefficient (Wildman–Crippen LogP) is 3.77. The van der Waals surface area contributed by atoms with Crippen LogP contribution in [-0.4, -0.2) is 20.8 Å². The van der Waals surface area contributed by atoms with Crippen LogP contribution in [0.2, 0.25) is 5.02 Å². The van der Waals surface area contributed by atoms with Crippen molar-refractivity contribution in [3.8, 4) is 0 Å². The Balaban J connectivity index is 1.68. The zero-order valence-electron chi connectivity index (χ0n) is 17.5. The van der Waals surface area contributed by atoms with Gasteiger partial charge in [-0.2, -0.15) is 4.36 Å². The summed E-state index contributed by atoms with van der Waals surface area (Å²) in [6, 6.07) is 4.50. The first-order chi connectivity index (χ1) is 14.5. The number of benzene rings is 2. The van der Waals surface area contributed by atoms with Crippen LogP contribution in [0.3, 0.4) is 0 Å². The summed E-state index contributed by atoms with van der Waals surface area (Å²) in [5.41, 5.74) is 3.23. The number of halogens is 2. The van der Waals surface area contributed by atoms with E-state index in [2.05, 4.69) is 9.68 Å². The van der Waals surface area contributed by atoms with Gasteiger partial charge in [-0.3, -0.25) is 0 Å². The first-order valence-electron chi connectivity index (χ1n) is 10.3. The van der Waals surface area contributed by atoms with Gasteiger partial charge >= 0.3 is 0 Å². The van der Waals surface area contributed by atoms with Gasteiger partial charge < -0.3 is 15.5 Å². The summed E-state index contributed by atoms with van der Waals surface area (Å²) in [6.07, 6.45) is 2.94. The van der Waals surface area contributed by atoms with Crippen molar-refractivity contribution in [1.29, 1.82) is 0 Å². The number of aliphatic hydroxyl groups excluding tert-OH is 1. The first kappa shape index (κ1) is 22.5. The number of hydrogen-bond acceptors (Lipinski definition) is 5. The molecule has 9 heteroatoms. The number of nitrogens with zero attached hydrogens (tertiary/aromatic N) is 1. The molecule has 0 spiro atoms. The topological polar surface area (TPSA) is 108 Å². The maximum Gasteiger partial charge on any atom is 0.233 e. The van der Waals surface area contributed by atoms with Gasteiger partial charge in [0.15, 0.2) is 0 Å². The van der Waals surface area contributed by atoms with Gasteiger partial charge in [-0.1, -0.05) is 17.7 Å². The Hall–Kier alpha value is -1.71. The second-order valence-corrected chi connectivity index (χ2v) is 10.9. The molecule has 0 heterocycles. The van der Waals surface area contributed by atoms with Gasteiger partial charge in [0.2, 0.25) is 6.35 Å². The Kier molecular flexibility index (Phi) is 5.81. The number of rotatable bonds is 5. The van der Waals surface area contributed by atoms with Crippen molar-refractivity contribution in [2.24, 2.45) is 9.50 Å². The lowest BCUT2D eigenvalue weighted by Crippen LogP contribution is -2.24. The van der Waals surface area contributed by atoms with Gasteiger partial charge in [0.25, 0.3) is 0 Å². The highest BCUT2D eigenvalue weighted by Gasteiger charge is 2.30. The maximum atomic E-state index is 14.8. The number of aliphatic hydroxyl groups is 2. The van der Waals surface area contributed by atoms with Gasteiger partial charge in [-0.15, -0.1) is 0 Å². The van der Waals surface area contributed by atoms with E-state index in [1.54, 1.807) is 19.9 Å². The molecule has 0 saturated carbocycles. The third-order valence-corrected chi connectivity index (χ3v) is 7.98. The zero-order valence-corrected chi connectivity index (χ0v) is 19.1. The van der Waals surface area contributed by atoms with Gasteiger partial charge in [0.1, 0.15) is 15.7 Å². The van der Waals surface area contributed by atoms with E-state index in [0.29, 0.717) is 35.2 Å². The first-order valence-corrected chi connectivity index (χ1v) is 12.3. The lowest BCUT2D eigenvalue weighted by atomic mass is 9.98. The second-order valence-electron chi connectivity index (χ2n) is 8.71. The Labute approximate surface area is 186 Å². The molecule has 6 nitrogen and oxygen atoms in total. The highest BCUT2D eigenvalue weighted by atomic mass is 35.5. The van der Waals surface area contributed by atoms with Crippen molar-refractivity contribution in [3.05, 3.63) is 56.9 Å². The summed E-state index contributed by atoms with van der Waals surface area (Å²) in [5, 5.41) is 29.7. The Bertz CT molecular complexity index is 1130. The van der Waals surface area contributed by atoms with Gasteiger partial charge in [0.05, 0.1) is 15.5 Å². The number of hydrogen-bond donors (Lipinski definition) is 4. The van der Waals surface area contributed by atoms with E-state index in [1.807, 2.05) is 0 Å².